The van der Waals surface area contributed by atoms with E-state index in [9.17, 15) is 0 Å². The number of nitrogens with zero attached hydrogens (tertiary/aromatic N) is 4. The number of halogens is 2. The van der Waals surface area contributed by atoms with Gasteiger partial charge < -0.3 is 21.7 Å². The topological polar surface area (TPSA) is 117 Å². The van der Waals surface area contributed by atoms with Gasteiger partial charge in [-0.15, -0.1) is 24.8 Å². The fraction of sp³-hybridized carbons (Fsp3) is 0.389. The molecule has 1 atom stereocenters. The fourth-order valence-electron chi connectivity index (χ4n) is 3.00. The van der Waals surface area contributed by atoms with Crippen LogP contribution in [0.2, 0.25) is 0 Å². The van der Waals surface area contributed by atoms with E-state index >= 15 is 0 Å². The van der Waals surface area contributed by atoms with E-state index in [0.717, 1.165) is 43.9 Å². The van der Waals surface area contributed by atoms with Gasteiger partial charge in [0.1, 0.15) is 5.82 Å². The number of aromatic nitrogens is 2. The number of hydrogen-bond acceptors (Lipinski definition) is 7. The van der Waals surface area contributed by atoms with E-state index < -0.39 is 0 Å². The van der Waals surface area contributed by atoms with Gasteiger partial charge in [-0.1, -0.05) is 13.3 Å². The number of nitriles is 1. The van der Waals surface area contributed by atoms with Crippen LogP contribution in [0.1, 0.15) is 31.0 Å². The molecular formula is C18H25Cl2N7. The van der Waals surface area contributed by atoms with Crippen LogP contribution < -0.4 is 21.7 Å². The number of nitrogens with one attached hydrogen (secondary N) is 1. The summed E-state index contributed by atoms with van der Waals surface area (Å²) in [7, 11) is 0. The minimum Gasteiger partial charge on any atom is -0.399 e. The van der Waals surface area contributed by atoms with Crippen molar-refractivity contribution in [1.29, 1.82) is 5.26 Å². The number of benzene rings is 1. The Bertz CT molecular complexity index is 807. The Kier molecular flexibility index (Phi) is 8.57. The Hall–Kier alpha value is -2.27. The first kappa shape index (κ1) is 22.8. The first-order chi connectivity index (χ1) is 12.1. The van der Waals surface area contributed by atoms with Gasteiger partial charge in [-0.25, -0.2) is 4.98 Å². The molecule has 5 N–H and O–H groups in total. The van der Waals surface area contributed by atoms with Crippen molar-refractivity contribution < 1.29 is 0 Å². The standard InChI is InChI=1S/C18H23N7.2ClH/c1-2-3-15-9-17(25-5-4-13(20)11-25)24-18(22-15)23-16-7-12(10-19)6-14(21)8-16;;/h6-9,13H,2-5,11,20-21H2,1H3,(H,22,23,24);2*1H. The lowest BCUT2D eigenvalue weighted by molar-refractivity contribution is 0.751. The van der Waals surface area contributed by atoms with Gasteiger partial charge in [0.25, 0.3) is 0 Å². The van der Waals surface area contributed by atoms with E-state index in [4.69, 9.17) is 16.7 Å². The molecule has 1 saturated heterocycles. The highest BCUT2D eigenvalue weighted by molar-refractivity contribution is 5.85. The largest absolute Gasteiger partial charge is 0.399 e. The van der Waals surface area contributed by atoms with Crippen molar-refractivity contribution in [3.63, 3.8) is 0 Å². The summed E-state index contributed by atoms with van der Waals surface area (Å²) in [5.41, 5.74) is 14.6. The summed E-state index contributed by atoms with van der Waals surface area (Å²) in [5, 5.41) is 12.3. The van der Waals surface area contributed by atoms with Crippen LogP contribution in [0.5, 0.6) is 0 Å². The average molecular weight is 410 g/mol. The first-order valence-corrected chi connectivity index (χ1v) is 8.53. The Labute approximate surface area is 172 Å². The first-order valence-electron chi connectivity index (χ1n) is 8.53. The average Bonchev–Trinajstić information content (AvgIpc) is 3.01. The smallest absolute Gasteiger partial charge is 0.229 e. The Morgan fingerprint density at radius 1 is 1.26 bits per heavy atom. The van der Waals surface area contributed by atoms with Gasteiger partial charge in [0, 0.05) is 42.3 Å². The molecule has 7 nitrogen and oxygen atoms in total. The van der Waals surface area contributed by atoms with E-state index in [2.05, 4.69) is 33.2 Å². The summed E-state index contributed by atoms with van der Waals surface area (Å²) in [6.45, 7) is 3.83. The number of aryl methyl sites for hydroxylation is 1. The van der Waals surface area contributed by atoms with Crippen molar-refractivity contribution in [3.05, 3.63) is 35.5 Å². The van der Waals surface area contributed by atoms with Gasteiger partial charge in [0.05, 0.1) is 11.6 Å². The van der Waals surface area contributed by atoms with Crippen molar-refractivity contribution in [2.45, 2.75) is 32.2 Å². The molecule has 1 aromatic carbocycles. The van der Waals surface area contributed by atoms with Gasteiger partial charge in [-0.2, -0.15) is 10.2 Å². The summed E-state index contributed by atoms with van der Waals surface area (Å²) in [4.78, 5) is 11.4. The second kappa shape index (κ2) is 10.2. The molecule has 1 fully saturated rings. The van der Waals surface area contributed by atoms with E-state index in [1.807, 2.05) is 6.07 Å². The zero-order valence-electron chi connectivity index (χ0n) is 15.2. The molecule has 1 aliphatic heterocycles. The van der Waals surface area contributed by atoms with Crippen molar-refractivity contribution in [1.82, 2.24) is 9.97 Å². The predicted molar refractivity (Wildman–Crippen MR) is 114 cm³/mol. The van der Waals surface area contributed by atoms with Crippen LogP contribution in [0.4, 0.5) is 23.1 Å². The van der Waals surface area contributed by atoms with Crippen molar-refractivity contribution in [2.75, 3.05) is 29.0 Å². The molecule has 0 bridgehead atoms. The van der Waals surface area contributed by atoms with Gasteiger partial charge in [0.2, 0.25) is 5.95 Å². The molecule has 146 valence electrons. The lowest BCUT2D eigenvalue weighted by Crippen LogP contribution is -2.27. The maximum absolute atomic E-state index is 9.10. The fourth-order valence-corrected chi connectivity index (χ4v) is 3.00. The normalized spacial score (nSPS) is 15.4. The molecule has 1 unspecified atom stereocenters. The van der Waals surface area contributed by atoms with Gasteiger partial charge in [0.15, 0.2) is 0 Å². The second-order valence-corrected chi connectivity index (χ2v) is 6.37. The Morgan fingerprint density at radius 3 is 2.67 bits per heavy atom. The monoisotopic (exact) mass is 409 g/mol. The van der Waals surface area contributed by atoms with Crippen LogP contribution in [-0.2, 0) is 6.42 Å². The third kappa shape index (κ3) is 5.86. The SMILES string of the molecule is CCCc1cc(N2CCC(N)C2)nc(Nc2cc(N)cc(C#N)c2)n1.Cl.Cl. The van der Waals surface area contributed by atoms with Crippen molar-refractivity contribution in [3.8, 4) is 6.07 Å². The second-order valence-electron chi connectivity index (χ2n) is 6.37. The molecule has 1 aliphatic rings. The lowest BCUT2D eigenvalue weighted by Gasteiger charge is -2.19. The summed E-state index contributed by atoms with van der Waals surface area (Å²) in [5.74, 6) is 1.40. The third-order valence-electron chi connectivity index (χ3n) is 4.16. The highest BCUT2D eigenvalue weighted by atomic mass is 35.5. The van der Waals surface area contributed by atoms with Crippen molar-refractivity contribution in [2.24, 2.45) is 5.73 Å². The van der Waals surface area contributed by atoms with Gasteiger partial charge >= 0.3 is 0 Å². The lowest BCUT2D eigenvalue weighted by atomic mass is 10.2. The quantitative estimate of drug-likeness (QED) is 0.649. The van der Waals surface area contributed by atoms with E-state index in [1.165, 1.54) is 0 Å². The van der Waals surface area contributed by atoms with E-state index in [1.54, 1.807) is 18.2 Å². The van der Waals surface area contributed by atoms with Crippen LogP contribution in [0.3, 0.4) is 0 Å². The number of nitrogens with two attached hydrogens (primary N) is 2. The maximum Gasteiger partial charge on any atom is 0.229 e. The van der Waals surface area contributed by atoms with Crippen LogP contribution in [0, 0.1) is 11.3 Å². The van der Waals surface area contributed by atoms with E-state index in [0.29, 0.717) is 22.9 Å². The zero-order valence-corrected chi connectivity index (χ0v) is 16.8. The minimum absolute atomic E-state index is 0. The summed E-state index contributed by atoms with van der Waals surface area (Å²) >= 11 is 0. The predicted octanol–water partition coefficient (Wildman–Crippen LogP) is 3.01. The molecule has 0 radical (unpaired) electrons. The Morgan fingerprint density at radius 2 is 2.04 bits per heavy atom. The molecule has 3 rings (SSSR count). The number of rotatable bonds is 5. The molecule has 0 saturated carbocycles. The van der Waals surface area contributed by atoms with Crippen LogP contribution in [0.25, 0.3) is 0 Å². The molecule has 27 heavy (non-hydrogen) atoms. The highest BCUT2D eigenvalue weighted by Crippen LogP contribution is 2.24. The molecule has 0 amide bonds. The van der Waals surface area contributed by atoms with Gasteiger partial charge in [-0.05, 0) is 31.0 Å². The number of hydrogen-bond donors (Lipinski definition) is 3. The van der Waals surface area contributed by atoms with Crippen LogP contribution >= 0.6 is 24.8 Å². The molecular weight excluding hydrogens is 385 g/mol. The van der Waals surface area contributed by atoms with Crippen molar-refractivity contribution >= 4 is 48.0 Å². The molecule has 2 aromatic rings. The summed E-state index contributed by atoms with van der Waals surface area (Å²) in [6.07, 6.45) is 2.85. The molecule has 0 spiro atoms. The van der Waals surface area contributed by atoms with Gasteiger partial charge in [-0.3, -0.25) is 0 Å². The maximum atomic E-state index is 9.10. The minimum atomic E-state index is 0. The number of nitrogen functional groups attached to an aromatic ring is 1. The molecule has 2 heterocycles. The Balaban J connectivity index is 0.00000182. The molecule has 0 aliphatic carbocycles. The highest BCUT2D eigenvalue weighted by Gasteiger charge is 2.21. The van der Waals surface area contributed by atoms with Crippen LogP contribution in [-0.4, -0.2) is 29.1 Å². The number of anilines is 4. The third-order valence-corrected chi connectivity index (χ3v) is 4.16. The van der Waals surface area contributed by atoms with Crippen LogP contribution in [0.15, 0.2) is 24.3 Å². The molecule has 9 heteroatoms. The van der Waals surface area contributed by atoms with E-state index in [-0.39, 0.29) is 30.9 Å². The summed E-state index contributed by atoms with van der Waals surface area (Å²) in [6, 6.07) is 9.46. The summed E-state index contributed by atoms with van der Waals surface area (Å²) < 4.78 is 0. The zero-order chi connectivity index (χ0) is 17.8. The molecule has 1 aromatic heterocycles.